The Kier molecular flexibility index (Phi) is 11.2. The van der Waals surface area contributed by atoms with Crippen LogP contribution in [0.4, 0.5) is 0 Å². The smallest absolute Gasteiger partial charge is 0.377 e. The molecule has 0 aliphatic carbocycles. The molecule has 140 valence electrons. The lowest BCUT2D eigenvalue weighted by atomic mass is 10.2. The fourth-order valence-corrected chi connectivity index (χ4v) is 0.823. The van der Waals surface area contributed by atoms with Gasteiger partial charge >= 0.3 is 17.9 Å². The van der Waals surface area contributed by atoms with Crippen LogP contribution in [-0.2, 0) is 19.1 Å². The molecule has 2 atom stereocenters. The molecule has 1 rings (SSSR count). The Balaban J connectivity index is 0. The summed E-state index contributed by atoms with van der Waals surface area (Å²) in [4.78, 5) is 29.9. The summed E-state index contributed by atoms with van der Waals surface area (Å²) in [7, 11) is 0. The Labute approximate surface area is 138 Å². The third-order valence-electron chi connectivity index (χ3n) is 2.46. The van der Waals surface area contributed by atoms with Crippen molar-refractivity contribution >= 4 is 17.9 Å². The van der Waals surface area contributed by atoms with Gasteiger partial charge in [0.15, 0.2) is 11.9 Å². The lowest BCUT2D eigenvalue weighted by Gasteiger charge is -2.13. The largest absolute Gasteiger partial charge is 0.505 e. The lowest BCUT2D eigenvalue weighted by molar-refractivity contribution is -0.147. The van der Waals surface area contributed by atoms with Crippen molar-refractivity contribution in [3.8, 4) is 0 Å². The Morgan fingerprint density at radius 3 is 1.54 bits per heavy atom. The highest BCUT2D eigenvalue weighted by Gasteiger charge is 2.38. The van der Waals surface area contributed by atoms with Crippen LogP contribution >= 0.6 is 0 Å². The van der Waals surface area contributed by atoms with Gasteiger partial charge in [-0.05, 0) is 0 Å². The first-order valence-electron chi connectivity index (χ1n) is 6.94. The van der Waals surface area contributed by atoms with Crippen molar-refractivity contribution in [2.24, 2.45) is 11.8 Å². The van der Waals surface area contributed by atoms with Gasteiger partial charge in [0.25, 0.3) is 0 Å². The highest BCUT2D eigenvalue weighted by atomic mass is 16.6. The van der Waals surface area contributed by atoms with Crippen LogP contribution in [0.3, 0.4) is 0 Å². The minimum absolute atomic E-state index is 0.231. The highest BCUT2D eigenvalue weighted by molar-refractivity contribution is 5.89. The van der Waals surface area contributed by atoms with Gasteiger partial charge in [0.1, 0.15) is 6.10 Å². The van der Waals surface area contributed by atoms with Gasteiger partial charge in [-0.1, -0.05) is 27.7 Å². The van der Waals surface area contributed by atoms with Crippen molar-refractivity contribution in [2.45, 2.75) is 39.9 Å². The Bertz CT molecular complexity index is 448. The molecule has 0 unspecified atom stereocenters. The second-order valence-corrected chi connectivity index (χ2v) is 5.30. The van der Waals surface area contributed by atoms with E-state index >= 15 is 0 Å². The first-order valence-corrected chi connectivity index (χ1v) is 6.94. The fourth-order valence-electron chi connectivity index (χ4n) is 0.823. The minimum atomic E-state index is -1.42. The van der Waals surface area contributed by atoms with Crippen LogP contribution in [-0.4, -0.2) is 67.4 Å². The molecule has 24 heavy (non-hydrogen) atoms. The predicted octanol–water partition coefficient (Wildman–Crippen LogP) is 0.0466. The molecule has 0 saturated carbocycles. The Morgan fingerprint density at radius 2 is 1.38 bits per heavy atom. The predicted molar refractivity (Wildman–Crippen MR) is 80.2 cm³/mol. The lowest BCUT2D eigenvalue weighted by Crippen LogP contribution is -2.31. The van der Waals surface area contributed by atoms with E-state index in [9.17, 15) is 14.4 Å². The number of ether oxygens (including phenoxy) is 1. The molecule has 0 aromatic carbocycles. The summed E-state index contributed by atoms with van der Waals surface area (Å²) >= 11 is 0. The topological polar surface area (TPSA) is 182 Å². The van der Waals surface area contributed by atoms with E-state index in [1.165, 1.54) is 0 Å². The molecule has 0 saturated heterocycles. The highest BCUT2D eigenvalue weighted by Crippen LogP contribution is 2.20. The number of cyclic esters (lactones) is 1. The molecule has 0 radical (unpaired) electrons. The van der Waals surface area contributed by atoms with Gasteiger partial charge in [-0.2, -0.15) is 0 Å². The number of hydrogen-bond donors (Lipinski definition) is 6. The normalized spacial score (nSPS) is 17.5. The number of aliphatic carboxylic acids is 2. The van der Waals surface area contributed by atoms with Crippen molar-refractivity contribution in [2.75, 3.05) is 6.61 Å². The summed E-state index contributed by atoms with van der Waals surface area (Å²) in [6.07, 6.45) is -2.78. The summed E-state index contributed by atoms with van der Waals surface area (Å²) in [5, 5.41) is 51.0. The van der Waals surface area contributed by atoms with Gasteiger partial charge in [-0.3, -0.25) is 9.59 Å². The van der Waals surface area contributed by atoms with Crippen molar-refractivity contribution in [1.29, 1.82) is 0 Å². The third kappa shape index (κ3) is 8.96. The quantitative estimate of drug-likeness (QED) is 0.378. The second-order valence-electron chi connectivity index (χ2n) is 5.30. The number of carbonyl (C=O) groups is 3. The molecule has 0 bridgehead atoms. The van der Waals surface area contributed by atoms with Gasteiger partial charge < -0.3 is 35.4 Å². The molecule has 1 heterocycles. The summed E-state index contributed by atoms with van der Waals surface area (Å²) in [6.45, 7) is 5.89. The summed E-state index contributed by atoms with van der Waals surface area (Å²) in [5.74, 6) is -4.72. The molecule has 6 N–H and O–H groups in total. The van der Waals surface area contributed by atoms with E-state index < -0.39 is 48.2 Å². The zero-order valence-corrected chi connectivity index (χ0v) is 13.8. The van der Waals surface area contributed by atoms with Crippen LogP contribution in [0, 0.1) is 11.8 Å². The third-order valence-corrected chi connectivity index (χ3v) is 2.46. The van der Waals surface area contributed by atoms with Crippen molar-refractivity contribution in [1.82, 2.24) is 0 Å². The van der Waals surface area contributed by atoms with Gasteiger partial charge in [-0.15, -0.1) is 0 Å². The van der Waals surface area contributed by atoms with E-state index in [1.54, 1.807) is 27.7 Å². The molecule has 0 amide bonds. The number of hydrogen-bond acceptors (Lipinski definition) is 8. The number of esters is 1. The molecule has 0 aromatic heterocycles. The number of aliphatic hydroxyl groups is 4. The van der Waals surface area contributed by atoms with E-state index in [2.05, 4.69) is 4.74 Å². The van der Waals surface area contributed by atoms with Crippen molar-refractivity contribution in [3.05, 3.63) is 11.5 Å². The maximum Gasteiger partial charge on any atom is 0.377 e. The van der Waals surface area contributed by atoms with E-state index in [0.29, 0.717) is 0 Å². The van der Waals surface area contributed by atoms with Crippen LogP contribution in [0.25, 0.3) is 0 Å². The number of carbonyl (C=O) groups excluding carboxylic acids is 1. The zero-order valence-electron chi connectivity index (χ0n) is 13.8. The average molecular weight is 352 g/mol. The zero-order chi connectivity index (χ0) is 19.6. The van der Waals surface area contributed by atoms with Crippen molar-refractivity contribution in [3.63, 3.8) is 0 Å². The van der Waals surface area contributed by atoms with Gasteiger partial charge in [-0.25, -0.2) is 4.79 Å². The van der Waals surface area contributed by atoms with Crippen LogP contribution in [0.2, 0.25) is 0 Å². The molecule has 10 heteroatoms. The first kappa shape index (κ1) is 23.9. The number of aliphatic hydroxyl groups excluding tert-OH is 4. The van der Waals surface area contributed by atoms with Crippen molar-refractivity contribution < 1.29 is 49.8 Å². The average Bonchev–Trinajstić information content (AvgIpc) is 2.75. The van der Waals surface area contributed by atoms with Gasteiger partial charge in [0, 0.05) is 0 Å². The first-order chi connectivity index (χ1) is 10.9. The Morgan fingerprint density at radius 1 is 1.04 bits per heavy atom. The van der Waals surface area contributed by atoms with Crippen LogP contribution < -0.4 is 0 Å². The molecule has 0 aromatic rings. The summed E-state index contributed by atoms with van der Waals surface area (Å²) in [5.41, 5.74) is 0. The molecule has 1 aliphatic heterocycles. The van der Waals surface area contributed by atoms with Crippen LogP contribution in [0.5, 0.6) is 0 Å². The SMILES string of the molecule is CC(C)C(=O)O.CC(C)C(=O)O.O=C1O[C@H]([C@@H](O)CO)C(O)=C1O. The molecule has 10 nitrogen and oxygen atoms in total. The molecular formula is C14H24O10. The molecule has 0 fully saturated rings. The minimum Gasteiger partial charge on any atom is -0.505 e. The second kappa shape index (κ2) is 11.2. The Hall–Kier alpha value is -2.33. The van der Waals surface area contributed by atoms with E-state index in [4.69, 9.17) is 30.6 Å². The van der Waals surface area contributed by atoms with E-state index in [-0.39, 0.29) is 11.8 Å². The maximum atomic E-state index is 10.5. The van der Waals surface area contributed by atoms with Crippen LogP contribution in [0.1, 0.15) is 27.7 Å². The maximum absolute atomic E-state index is 10.5. The van der Waals surface area contributed by atoms with Crippen LogP contribution in [0.15, 0.2) is 11.5 Å². The number of carboxylic acids is 2. The molecular weight excluding hydrogens is 328 g/mol. The standard InChI is InChI=1S/C6H8O6.2C4H8O2/c7-1-2(8)5-3(9)4(10)6(11)12-5;2*1-3(2)4(5)6/h2,5,7-10H,1H2;2*3H,1-2H3,(H,5,6)/t2-,5+;;/m0../s1. The van der Waals surface area contributed by atoms with Gasteiger partial charge in [0.05, 0.1) is 18.4 Å². The van der Waals surface area contributed by atoms with Gasteiger partial charge in [0.2, 0.25) is 5.76 Å². The monoisotopic (exact) mass is 352 g/mol. The number of carboxylic acid groups (broad SMARTS) is 2. The molecule has 1 aliphatic rings. The molecule has 0 spiro atoms. The van der Waals surface area contributed by atoms with E-state index in [0.717, 1.165) is 0 Å². The van der Waals surface area contributed by atoms with E-state index in [1.807, 2.05) is 0 Å². The summed E-state index contributed by atoms with van der Waals surface area (Å²) in [6, 6.07) is 0. The fraction of sp³-hybridized carbons (Fsp3) is 0.643. The summed E-state index contributed by atoms with van der Waals surface area (Å²) < 4.78 is 4.32. The number of rotatable bonds is 4.